The van der Waals surface area contributed by atoms with Gasteiger partial charge in [-0.3, -0.25) is 4.68 Å². The molecule has 6 heteroatoms. The largest absolute Gasteiger partial charge is 0.372 e. The van der Waals surface area contributed by atoms with E-state index in [-0.39, 0.29) is 6.03 Å². The minimum absolute atomic E-state index is 0.0706. The van der Waals surface area contributed by atoms with Crippen LogP contribution in [0.3, 0.4) is 0 Å². The molecule has 6 nitrogen and oxygen atoms in total. The second-order valence-electron chi connectivity index (χ2n) is 9.29. The van der Waals surface area contributed by atoms with Crippen molar-refractivity contribution in [1.29, 1.82) is 0 Å². The Kier molecular flexibility index (Phi) is 6.44. The summed E-state index contributed by atoms with van der Waals surface area (Å²) in [4.78, 5) is 15.1. The SMILES string of the molecule is Cn1nccc1C1CC2CCC(C1)N2C(=O)NCc1ccc(COCc2ccccc2)cc1. The summed E-state index contributed by atoms with van der Waals surface area (Å²) in [5.41, 5.74) is 4.71. The quantitative estimate of drug-likeness (QED) is 0.572. The van der Waals surface area contributed by atoms with Crippen LogP contribution in [0.15, 0.2) is 66.9 Å². The van der Waals surface area contributed by atoms with Crippen molar-refractivity contribution in [2.45, 2.75) is 63.4 Å². The number of carbonyl (C=O) groups excluding carboxylic acids is 1. The number of benzene rings is 2. The Balaban J connectivity index is 1.10. The van der Waals surface area contributed by atoms with E-state index in [0.717, 1.165) is 36.8 Å². The predicted molar refractivity (Wildman–Crippen MR) is 127 cm³/mol. The highest BCUT2D eigenvalue weighted by Crippen LogP contribution is 2.42. The molecule has 2 saturated heterocycles. The number of rotatable bonds is 7. The topological polar surface area (TPSA) is 59.4 Å². The molecule has 3 heterocycles. The van der Waals surface area contributed by atoms with E-state index >= 15 is 0 Å². The second kappa shape index (κ2) is 9.79. The van der Waals surface area contributed by atoms with Crippen LogP contribution in [0.25, 0.3) is 0 Å². The first-order valence-electron chi connectivity index (χ1n) is 11.9. The minimum Gasteiger partial charge on any atom is -0.372 e. The lowest BCUT2D eigenvalue weighted by molar-refractivity contribution is 0.107. The average molecular weight is 445 g/mol. The minimum atomic E-state index is 0.0706. The molecule has 172 valence electrons. The van der Waals surface area contributed by atoms with E-state index < -0.39 is 0 Å². The van der Waals surface area contributed by atoms with Crippen LogP contribution in [0, 0.1) is 0 Å². The first-order chi connectivity index (χ1) is 16.2. The molecule has 2 bridgehead atoms. The van der Waals surface area contributed by atoms with E-state index in [1.165, 1.54) is 11.3 Å². The van der Waals surface area contributed by atoms with Gasteiger partial charge in [0, 0.05) is 43.5 Å². The van der Waals surface area contributed by atoms with Gasteiger partial charge in [-0.2, -0.15) is 5.10 Å². The Labute approximate surface area is 195 Å². The molecule has 3 aromatic rings. The van der Waals surface area contributed by atoms with E-state index in [9.17, 15) is 4.79 Å². The van der Waals surface area contributed by atoms with E-state index in [0.29, 0.717) is 37.8 Å². The van der Waals surface area contributed by atoms with Gasteiger partial charge >= 0.3 is 6.03 Å². The number of hydrogen-bond donors (Lipinski definition) is 1. The summed E-state index contributed by atoms with van der Waals surface area (Å²) in [6, 6.07) is 21.3. The molecule has 33 heavy (non-hydrogen) atoms. The van der Waals surface area contributed by atoms with Gasteiger partial charge in [-0.25, -0.2) is 4.79 Å². The van der Waals surface area contributed by atoms with Crippen molar-refractivity contribution in [2.24, 2.45) is 7.05 Å². The lowest BCUT2D eigenvalue weighted by Crippen LogP contribution is -2.50. The van der Waals surface area contributed by atoms with E-state index in [1.54, 1.807) is 0 Å². The molecule has 2 aromatic carbocycles. The Morgan fingerprint density at radius 3 is 2.21 bits per heavy atom. The summed E-state index contributed by atoms with van der Waals surface area (Å²) in [5, 5.41) is 7.48. The Morgan fingerprint density at radius 2 is 1.58 bits per heavy atom. The molecular weight excluding hydrogens is 412 g/mol. The lowest BCUT2D eigenvalue weighted by Gasteiger charge is -2.39. The van der Waals surface area contributed by atoms with Crippen LogP contribution in [-0.4, -0.2) is 32.8 Å². The molecule has 5 rings (SSSR count). The second-order valence-corrected chi connectivity index (χ2v) is 9.29. The van der Waals surface area contributed by atoms with E-state index in [2.05, 4.69) is 57.8 Å². The standard InChI is InChI=1S/C27H32N4O2/c1-30-26(13-14-29-30)23-15-24-11-12-25(16-23)31(24)27(32)28-17-20-7-9-22(10-8-20)19-33-18-21-5-3-2-4-6-21/h2-10,13-14,23-25H,11-12,15-19H2,1H3,(H,28,32). The third kappa shape index (κ3) is 4.96. The summed E-state index contributed by atoms with van der Waals surface area (Å²) in [6.07, 6.45) is 6.13. The van der Waals surface area contributed by atoms with Gasteiger partial charge in [-0.1, -0.05) is 54.6 Å². The molecule has 2 aliphatic rings. The number of nitrogens with zero attached hydrogens (tertiary/aromatic N) is 3. The van der Waals surface area contributed by atoms with Crippen molar-refractivity contribution in [3.8, 4) is 0 Å². The molecule has 2 unspecified atom stereocenters. The van der Waals surface area contributed by atoms with Gasteiger partial charge in [-0.15, -0.1) is 0 Å². The molecule has 0 radical (unpaired) electrons. The van der Waals surface area contributed by atoms with Crippen LogP contribution in [0.2, 0.25) is 0 Å². The van der Waals surface area contributed by atoms with Crippen molar-refractivity contribution in [3.63, 3.8) is 0 Å². The number of aryl methyl sites for hydroxylation is 1. The molecule has 2 fully saturated rings. The van der Waals surface area contributed by atoms with Gasteiger partial charge in [0.1, 0.15) is 0 Å². The number of fused-ring (bicyclic) bond motifs is 2. The molecule has 0 aliphatic carbocycles. The van der Waals surface area contributed by atoms with Crippen LogP contribution in [-0.2, 0) is 31.5 Å². The number of nitrogens with one attached hydrogen (secondary N) is 1. The first-order valence-corrected chi connectivity index (χ1v) is 11.9. The number of aromatic nitrogens is 2. The highest BCUT2D eigenvalue weighted by atomic mass is 16.5. The Hall–Kier alpha value is -3.12. The maximum absolute atomic E-state index is 13.0. The van der Waals surface area contributed by atoms with Crippen LogP contribution in [0.5, 0.6) is 0 Å². The van der Waals surface area contributed by atoms with Crippen molar-refractivity contribution in [1.82, 2.24) is 20.0 Å². The third-order valence-electron chi connectivity index (χ3n) is 7.09. The van der Waals surface area contributed by atoms with Gasteiger partial charge in [-0.05, 0) is 48.4 Å². The summed E-state index contributed by atoms with van der Waals surface area (Å²) in [5.74, 6) is 0.496. The fraction of sp³-hybridized carbons (Fsp3) is 0.407. The number of amides is 2. The van der Waals surface area contributed by atoms with Crippen molar-refractivity contribution >= 4 is 6.03 Å². The average Bonchev–Trinajstić information content (AvgIpc) is 3.39. The van der Waals surface area contributed by atoms with Crippen LogP contribution in [0.1, 0.15) is 54.0 Å². The van der Waals surface area contributed by atoms with Crippen LogP contribution >= 0.6 is 0 Å². The number of ether oxygens (including phenoxy) is 1. The van der Waals surface area contributed by atoms with Gasteiger partial charge < -0.3 is 15.0 Å². The van der Waals surface area contributed by atoms with Crippen molar-refractivity contribution in [2.75, 3.05) is 0 Å². The summed E-state index contributed by atoms with van der Waals surface area (Å²) >= 11 is 0. The first kappa shape index (κ1) is 21.7. The zero-order valence-electron chi connectivity index (χ0n) is 19.2. The number of piperidine rings is 1. The van der Waals surface area contributed by atoms with Gasteiger partial charge in [0.05, 0.1) is 13.2 Å². The fourth-order valence-electron chi connectivity index (χ4n) is 5.42. The van der Waals surface area contributed by atoms with E-state index in [1.807, 2.05) is 36.1 Å². The highest BCUT2D eigenvalue weighted by molar-refractivity contribution is 5.75. The van der Waals surface area contributed by atoms with Crippen molar-refractivity contribution in [3.05, 3.63) is 89.2 Å². The molecule has 2 aliphatic heterocycles. The molecule has 1 aromatic heterocycles. The Morgan fingerprint density at radius 1 is 0.939 bits per heavy atom. The van der Waals surface area contributed by atoms with E-state index in [4.69, 9.17) is 4.74 Å². The fourth-order valence-corrected chi connectivity index (χ4v) is 5.42. The maximum atomic E-state index is 13.0. The molecule has 0 spiro atoms. The molecule has 0 saturated carbocycles. The zero-order chi connectivity index (χ0) is 22.6. The molecule has 2 amide bonds. The lowest BCUT2D eigenvalue weighted by atomic mass is 9.88. The summed E-state index contributed by atoms with van der Waals surface area (Å²) in [7, 11) is 2.01. The molecular formula is C27H32N4O2. The van der Waals surface area contributed by atoms with Gasteiger partial charge in [0.15, 0.2) is 0 Å². The maximum Gasteiger partial charge on any atom is 0.318 e. The van der Waals surface area contributed by atoms with Crippen LogP contribution < -0.4 is 5.32 Å². The number of urea groups is 1. The molecule has 2 atom stereocenters. The summed E-state index contributed by atoms with van der Waals surface area (Å²) < 4.78 is 7.80. The third-order valence-corrected chi connectivity index (χ3v) is 7.09. The normalized spacial score (nSPS) is 21.8. The summed E-state index contributed by atoms with van der Waals surface area (Å²) in [6.45, 7) is 1.74. The highest BCUT2D eigenvalue weighted by Gasteiger charge is 2.44. The number of carbonyl (C=O) groups is 1. The Bertz CT molecular complexity index is 1050. The monoisotopic (exact) mass is 444 g/mol. The van der Waals surface area contributed by atoms with Gasteiger partial charge in [0.25, 0.3) is 0 Å². The zero-order valence-corrected chi connectivity index (χ0v) is 19.2. The molecule has 1 N–H and O–H groups in total. The predicted octanol–water partition coefficient (Wildman–Crippen LogP) is 4.76. The van der Waals surface area contributed by atoms with Crippen molar-refractivity contribution < 1.29 is 9.53 Å². The smallest absolute Gasteiger partial charge is 0.318 e. The van der Waals surface area contributed by atoms with Crippen LogP contribution in [0.4, 0.5) is 4.79 Å². The van der Waals surface area contributed by atoms with Gasteiger partial charge in [0.2, 0.25) is 0 Å². The number of hydrogen-bond acceptors (Lipinski definition) is 3.